The summed E-state index contributed by atoms with van der Waals surface area (Å²) in [4.78, 5) is 11.6. The monoisotopic (exact) mass is 536 g/mol. The molecule has 2 aromatic carbocycles. The van der Waals surface area contributed by atoms with Gasteiger partial charge in [0, 0.05) is 29.2 Å². The second-order valence-electron chi connectivity index (χ2n) is 7.25. The highest BCUT2D eigenvalue weighted by molar-refractivity contribution is 8.00. The molecule has 0 aromatic heterocycles. The molecule has 0 radical (unpaired) electrons. The highest BCUT2D eigenvalue weighted by atomic mass is 35.5. The van der Waals surface area contributed by atoms with Crippen molar-refractivity contribution in [1.29, 1.82) is 0 Å². The first-order valence-corrected chi connectivity index (χ1v) is 12.2. The zero-order chi connectivity index (χ0) is 24.1. The van der Waals surface area contributed by atoms with Crippen LogP contribution in [-0.4, -0.2) is 36.5 Å². The fraction of sp³-hybridized carbons (Fsp3) is 0.321. The van der Waals surface area contributed by atoms with E-state index in [2.05, 4.69) is 27.7 Å². The van der Waals surface area contributed by atoms with Crippen LogP contribution in [0.4, 0.5) is 0 Å². The summed E-state index contributed by atoms with van der Waals surface area (Å²) in [6.07, 6.45) is 6.61. The third kappa shape index (κ3) is 12.0. The number of ether oxygens (including phenoxy) is 1. The second-order valence-corrected chi connectivity index (χ2v) is 9.07. The van der Waals surface area contributed by atoms with Crippen molar-refractivity contribution in [2.24, 2.45) is 0 Å². The molecule has 3 rings (SSSR count). The van der Waals surface area contributed by atoms with Crippen molar-refractivity contribution < 1.29 is 9.53 Å². The highest BCUT2D eigenvalue weighted by Gasteiger charge is 2.22. The van der Waals surface area contributed by atoms with Crippen LogP contribution < -0.4 is 5.32 Å². The lowest BCUT2D eigenvalue weighted by Gasteiger charge is -2.25. The van der Waals surface area contributed by atoms with Crippen molar-refractivity contribution in [3.8, 4) is 0 Å². The summed E-state index contributed by atoms with van der Waals surface area (Å²) in [5.74, 6) is -0.307. The molecule has 1 N–H and O–H groups in total. The van der Waals surface area contributed by atoms with E-state index >= 15 is 0 Å². The summed E-state index contributed by atoms with van der Waals surface area (Å²) in [7, 11) is 1.40. The van der Waals surface area contributed by atoms with Crippen LogP contribution in [0.3, 0.4) is 0 Å². The number of nitrogens with zero attached hydrogens (tertiary/aromatic N) is 1. The molecule has 1 aliphatic heterocycles. The lowest BCUT2D eigenvalue weighted by atomic mass is 10.1. The van der Waals surface area contributed by atoms with Crippen molar-refractivity contribution in [1.82, 2.24) is 9.62 Å². The lowest BCUT2D eigenvalue weighted by Crippen LogP contribution is -2.30. The van der Waals surface area contributed by atoms with E-state index in [1.54, 1.807) is 24.1 Å². The van der Waals surface area contributed by atoms with E-state index in [0.29, 0.717) is 16.6 Å². The number of hydrogen-bond donors (Lipinski definition) is 1. The number of nitrogens with one attached hydrogen (secondary N) is 1. The number of esters is 1. The number of carbonyl (C=O) groups excluding carboxylic acids is 1. The molecule has 0 saturated carbocycles. The summed E-state index contributed by atoms with van der Waals surface area (Å²) in [5.41, 5.74) is 2.87. The molecule has 1 saturated heterocycles. The second kappa shape index (κ2) is 18.3. The Balaban J connectivity index is 0.00000129. The van der Waals surface area contributed by atoms with Crippen molar-refractivity contribution in [2.45, 2.75) is 40.8 Å². The minimum atomic E-state index is -0.307. The Morgan fingerprint density at radius 1 is 1.20 bits per heavy atom. The maximum Gasteiger partial charge on any atom is 0.337 e. The number of benzene rings is 2. The molecule has 0 spiro atoms. The normalized spacial score (nSPS) is 15.0. The summed E-state index contributed by atoms with van der Waals surface area (Å²) < 4.78 is 7.15. The number of carbonyl (C=O) groups is 1. The number of allylic oxidation sites excluding steroid dienone is 3. The molecule has 1 atom stereocenters. The van der Waals surface area contributed by atoms with Gasteiger partial charge in [-0.15, -0.1) is 0 Å². The molecule has 4 nitrogen and oxygen atoms in total. The van der Waals surface area contributed by atoms with E-state index in [1.807, 2.05) is 55.5 Å². The van der Waals surface area contributed by atoms with E-state index in [9.17, 15) is 4.79 Å². The van der Waals surface area contributed by atoms with E-state index in [4.69, 9.17) is 27.9 Å². The Morgan fingerprint density at radius 3 is 2.34 bits per heavy atom. The highest BCUT2D eigenvalue weighted by Crippen LogP contribution is 2.24. The quantitative estimate of drug-likeness (QED) is 0.209. The molecule has 1 aliphatic rings. The van der Waals surface area contributed by atoms with Crippen LogP contribution in [0.25, 0.3) is 6.08 Å². The van der Waals surface area contributed by atoms with Crippen LogP contribution in [-0.2, 0) is 11.3 Å². The number of rotatable bonds is 8. The molecule has 192 valence electrons. The average molecular weight is 538 g/mol. The first-order chi connectivity index (χ1) is 16.0. The van der Waals surface area contributed by atoms with Crippen molar-refractivity contribution in [2.75, 3.05) is 20.2 Å². The molecule has 0 bridgehead atoms. The smallest absolute Gasteiger partial charge is 0.337 e. The van der Waals surface area contributed by atoms with Crippen LogP contribution in [0.15, 0.2) is 77.7 Å². The summed E-state index contributed by atoms with van der Waals surface area (Å²) >= 11 is 13.0. The van der Waals surface area contributed by atoms with Gasteiger partial charge in [-0.05, 0) is 78.7 Å². The molecular weight excluding hydrogens is 499 g/mol. The summed E-state index contributed by atoms with van der Waals surface area (Å²) in [6.45, 7) is 8.14. The van der Waals surface area contributed by atoms with Gasteiger partial charge in [-0.3, -0.25) is 0 Å². The standard InChI is InChI=1S/C21H23ClN2O2S.C5H7Cl.2CH4/c1-26-21(25)18-6-2-17(3-7-18)15-24(20-10-12-23-14-20)27-13-11-16-4-8-19(22)9-5-16;1-3-5(6)4-2;;/h2-9,11,13,20,23H,10,12,14-15H2,1H3;3-4H,1H2,2H3;2*1H4/b13-11+;5-4+;;. The Kier molecular flexibility index (Phi) is 17.2. The Hall–Kier alpha value is -2.02. The maximum absolute atomic E-state index is 11.6. The summed E-state index contributed by atoms with van der Waals surface area (Å²) in [6, 6.07) is 15.9. The number of halogens is 2. The van der Waals surface area contributed by atoms with Crippen LogP contribution in [0.1, 0.15) is 49.7 Å². The molecule has 1 heterocycles. The van der Waals surface area contributed by atoms with Gasteiger partial charge in [-0.25, -0.2) is 9.10 Å². The van der Waals surface area contributed by atoms with Gasteiger partial charge in [0.25, 0.3) is 0 Å². The van der Waals surface area contributed by atoms with Gasteiger partial charge in [0.2, 0.25) is 0 Å². The molecule has 7 heteroatoms. The third-order valence-corrected chi connectivity index (χ3v) is 6.53. The lowest BCUT2D eigenvalue weighted by molar-refractivity contribution is 0.0600. The molecule has 0 aliphatic carbocycles. The number of hydrogen-bond acceptors (Lipinski definition) is 5. The van der Waals surface area contributed by atoms with Crippen LogP contribution in [0.5, 0.6) is 0 Å². The predicted molar refractivity (Wildman–Crippen MR) is 156 cm³/mol. The number of methoxy groups -OCH3 is 1. The van der Waals surface area contributed by atoms with Gasteiger partial charge >= 0.3 is 5.97 Å². The Bertz CT molecular complexity index is 938. The van der Waals surface area contributed by atoms with Crippen molar-refractivity contribution in [3.63, 3.8) is 0 Å². The summed E-state index contributed by atoms with van der Waals surface area (Å²) in [5, 5.41) is 6.99. The largest absolute Gasteiger partial charge is 0.465 e. The minimum Gasteiger partial charge on any atom is -0.465 e. The fourth-order valence-corrected chi connectivity index (χ4v) is 4.14. The Labute approximate surface area is 226 Å². The topological polar surface area (TPSA) is 41.6 Å². The average Bonchev–Trinajstić information content (AvgIpc) is 3.39. The van der Waals surface area contributed by atoms with E-state index in [-0.39, 0.29) is 20.8 Å². The molecule has 1 unspecified atom stereocenters. The minimum absolute atomic E-state index is 0. The van der Waals surface area contributed by atoms with Gasteiger partial charge in [-0.2, -0.15) is 0 Å². The van der Waals surface area contributed by atoms with Gasteiger partial charge in [-0.1, -0.05) is 81.1 Å². The van der Waals surface area contributed by atoms with Crippen LogP contribution >= 0.6 is 35.1 Å². The van der Waals surface area contributed by atoms with Crippen molar-refractivity contribution in [3.05, 3.63) is 99.4 Å². The van der Waals surface area contributed by atoms with Gasteiger partial charge in [0.1, 0.15) is 0 Å². The third-order valence-electron chi connectivity index (χ3n) is 4.95. The van der Waals surface area contributed by atoms with Gasteiger partial charge in [0.15, 0.2) is 0 Å². The van der Waals surface area contributed by atoms with E-state index < -0.39 is 0 Å². The maximum atomic E-state index is 11.6. The first kappa shape index (κ1) is 33.0. The molecule has 0 amide bonds. The van der Waals surface area contributed by atoms with Gasteiger partial charge in [0.05, 0.1) is 12.7 Å². The van der Waals surface area contributed by atoms with Gasteiger partial charge < -0.3 is 10.1 Å². The Morgan fingerprint density at radius 2 is 1.86 bits per heavy atom. The fourth-order valence-electron chi connectivity index (χ4n) is 3.06. The first-order valence-electron chi connectivity index (χ1n) is 10.6. The van der Waals surface area contributed by atoms with Crippen LogP contribution in [0.2, 0.25) is 5.02 Å². The zero-order valence-corrected chi connectivity index (χ0v) is 21.3. The van der Waals surface area contributed by atoms with Crippen molar-refractivity contribution >= 4 is 47.2 Å². The molecule has 35 heavy (non-hydrogen) atoms. The van der Waals surface area contributed by atoms with E-state index in [1.165, 1.54) is 12.7 Å². The molecular formula is C28H38Cl2N2O2S. The molecule has 1 fully saturated rings. The SMILES string of the molecule is C.C.C=C/C(Cl)=C\C.COC(=O)c1ccc(CN(S/C=C/c2ccc(Cl)cc2)C2CCNC2)cc1. The van der Waals surface area contributed by atoms with E-state index in [0.717, 1.165) is 36.6 Å². The zero-order valence-electron chi connectivity index (χ0n) is 19.0. The predicted octanol–water partition coefficient (Wildman–Crippen LogP) is 8.20. The van der Waals surface area contributed by atoms with Crippen LogP contribution in [0, 0.1) is 0 Å². The molecule has 2 aromatic rings.